The Morgan fingerprint density at radius 2 is 1.85 bits per heavy atom. The summed E-state index contributed by atoms with van der Waals surface area (Å²) in [7, 11) is 0. The standard InChI is InChI=1S/C18H38N2/c1-6-12-19-14-18(4,5)15-20(13-11-16(2)3)17-9-7-8-10-17/h16-17,19H,6-15H2,1-5H3. The molecule has 0 unspecified atom stereocenters. The van der Waals surface area contributed by atoms with Gasteiger partial charge in [-0.1, -0.05) is 47.5 Å². The van der Waals surface area contributed by atoms with Gasteiger partial charge in [0.2, 0.25) is 0 Å². The molecular formula is C18H38N2. The Kier molecular flexibility index (Phi) is 8.13. The average Bonchev–Trinajstić information content (AvgIpc) is 2.88. The van der Waals surface area contributed by atoms with Gasteiger partial charge in [0.05, 0.1) is 0 Å². The SMILES string of the molecule is CCCNCC(C)(C)CN(CCC(C)C)C1CCCC1. The van der Waals surface area contributed by atoms with E-state index in [0.29, 0.717) is 5.41 Å². The highest BCUT2D eigenvalue weighted by atomic mass is 15.2. The minimum absolute atomic E-state index is 0.384. The van der Waals surface area contributed by atoms with E-state index in [9.17, 15) is 0 Å². The summed E-state index contributed by atoms with van der Waals surface area (Å²) >= 11 is 0. The fourth-order valence-electron chi connectivity index (χ4n) is 3.29. The maximum absolute atomic E-state index is 3.61. The molecule has 0 heterocycles. The minimum atomic E-state index is 0.384. The zero-order chi connectivity index (χ0) is 15.0. The fourth-order valence-corrected chi connectivity index (χ4v) is 3.29. The van der Waals surface area contributed by atoms with Crippen molar-refractivity contribution >= 4 is 0 Å². The van der Waals surface area contributed by atoms with Gasteiger partial charge in [-0.25, -0.2) is 0 Å². The van der Waals surface area contributed by atoms with Gasteiger partial charge in [0, 0.05) is 19.1 Å². The Bertz CT molecular complexity index is 242. The Labute approximate surface area is 127 Å². The van der Waals surface area contributed by atoms with Gasteiger partial charge in [-0.3, -0.25) is 4.90 Å². The van der Waals surface area contributed by atoms with Crippen LogP contribution in [-0.2, 0) is 0 Å². The van der Waals surface area contributed by atoms with Crippen molar-refractivity contribution in [1.82, 2.24) is 10.2 Å². The van der Waals surface area contributed by atoms with Crippen LogP contribution in [-0.4, -0.2) is 37.1 Å². The Morgan fingerprint density at radius 3 is 2.40 bits per heavy atom. The van der Waals surface area contributed by atoms with E-state index in [1.807, 2.05) is 0 Å². The molecule has 0 bridgehead atoms. The molecule has 120 valence electrons. The van der Waals surface area contributed by atoms with Gasteiger partial charge < -0.3 is 5.32 Å². The van der Waals surface area contributed by atoms with E-state index >= 15 is 0 Å². The van der Waals surface area contributed by atoms with Crippen LogP contribution < -0.4 is 5.32 Å². The number of nitrogens with zero attached hydrogens (tertiary/aromatic N) is 1. The second-order valence-electron chi connectivity index (χ2n) is 7.93. The fraction of sp³-hybridized carbons (Fsp3) is 1.00. The molecular weight excluding hydrogens is 244 g/mol. The van der Waals surface area contributed by atoms with Crippen molar-refractivity contribution in [2.75, 3.05) is 26.2 Å². The highest BCUT2D eigenvalue weighted by Crippen LogP contribution is 2.27. The molecule has 0 aliphatic heterocycles. The maximum Gasteiger partial charge on any atom is 0.00954 e. The highest BCUT2D eigenvalue weighted by molar-refractivity contribution is 4.83. The minimum Gasteiger partial charge on any atom is -0.316 e. The van der Waals surface area contributed by atoms with Gasteiger partial charge in [0.25, 0.3) is 0 Å². The zero-order valence-electron chi connectivity index (χ0n) is 14.7. The summed E-state index contributed by atoms with van der Waals surface area (Å²) < 4.78 is 0. The molecule has 0 aromatic carbocycles. The molecule has 1 saturated carbocycles. The first-order chi connectivity index (χ1) is 9.44. The first-order valence-corrected chi connectivity index (χ1v) is 8.89. The quantitative estimate of drug-likeness (QED) is 0.601. The van der Waals surface area contributed by atoms with Crippen LogP contribution in [0.2, 0.25) is 0 Å². The zero-order valence-corrected chi connectivity index (χ0v) is 14.7. The van der Waals surface area contributed by atoms with Gasteiger partial charge >= 0.3 is 0 Å². The third kappa shape index (κ3) is 7.08. The van der Waals surface area contributed by atoms with Crippen LogP contribution in [0.25, 0.3) is 0 Å². The van der Waals surface area contributed by atoms with Crippen molar-refractivity contribution < 1.29 is 0 Å². The second-order valence-corrected chi connectivity index (χ2v) is 7.93. The molecule has 0 saturated heterocycles. The normalized spacial score (nSPS) is 17.6. The Hall–Kier alpha value is -0.0800. The number of nitrogens with one attached hydrogen (secondary N) is 1. The summed E-state index contributed by atoms with van der Waals surface area (Å²) in [5.74, 6) is 0.820. The predicted octanol–water partition coefficient (Wildman–Crippen LogP) is 4.30. The molecule has 1 fully saturated rings. The Morgan fingerprint density at radius 1 is 1.20 bits per heavy atom. The van der Waals surface area contributed by atoms with Crippen molar-refractivity contribution in [3.63, 3.8) is 0 Å². The molecule has 0 atom stereocenters. The van der Waals surface area contributed by atoms with E-state index in [1.165, 1.54) is 51.6 Å². The number of rotatable bonds is 10. The van der Waals surface area contributed by atoms with Crippen LogP contribution >= 0.6 is 0 Å². The van der Waals surface area contributed by atoms with E-state index in [1.54, 1.807) is 0 Å². The molecule has 0 radical (unpaired) electrons. The lowest BCUT2D eigenvalue weighted by Crippen LogP contribution is -2.45. The molecule has 20 heavy (non-hydrogen) atoms. The molecule has 2 heteroatoms. The van der Waals surface area contributed by atoms with Gasteiger partial charge in [-0.05, 0) is 50.1 Å². The molecule has 0 spiro atoms. The molecule has 0 amide bonds. The smallest absolute Gasteiger partial charge is 0.00954 e. The summed E-state index contributed by atoms with van der Waals surface area (Å²) in [6, 6.07) is 0.860. The van der Waals surface area contributed by atoms with Crippen LogP contribution in [0.15, 0.2) is 0 Å². The lowest BCUT2D eigenvalue weighted by atomic mass is 9.91. The summed E-state index contributed by atoms with van der Waals surface area (Å²) in [6.45, 7) is 16.6. The van der Waals surface area contributed by atoms with Gasteiger partial charge in [-0.15, -0.1) is 0 Å². The van der Waals surface area contributed by atoms with E-state index in [0.717, 1.165) is 25.0 Å². The van der Waals surface area contributed by atoms with E-state index in [-0.39, 0.29) is 0 Å². The van der Waals surface area contributed by atoms with Crippen LogP contribution in [0.5, 0.6) is 0 Å². The van der Waals surface area contributed by atoms with Crippen molar-refractivity contribution in [1.29, 1.82) is 0 Å². The summed E-state index contributed by atoms with van der Waals surface area (Å²) in [5, 5.41) is 3.61. The van der Waals surface area contributed by atoms with E-state index in [2.05, 4.69) is 44.8 Å². The third-order valence-electron chi connectivity index (χ3n) is 4.50. The van der Waals surface area contributed by atoms with Crippen molar-refractivity contribution in [2.24, 2.45) is 11.3 Å². The molecule has 0 aromatic rings. The molecule has 0 aromatic heterocycles. The highest BCUT2D eigenvalue weighted by Gasteiger charge is 2.28. The lowest BCUT2D eigenvalue weighted by molar-refractivity contribution is 0.122. The summed E-state index contributed by atoms with van der Waals surface area (Å²) in [5.41, 5.74) is 0.384. The summed E-state index contributed by atoms with van der Waals surface area (Å²) in [4.78, 5) is 2.81. The van der Waals surface area contributed by atoms with Gasteiger partial charge in [0.15, 0.2) is 0 Å². The number of hydrogen-bond donors (Lipinski definition) is 1. The van der Waals surface area contributed by atoms with E-state index < -0.39 is 0 Å². The maximum atomic E-state index is 3.61. The first-order valence-electron chi connectivity index (χ1n) is 8.89. The monoisotopic (exact) mass is 282 g/mol. The van der Waals surface area contributed by atoms with Crippen LogP contribution in [0.4, 0.5) is 0 Å². The largest absolute Gasteiger partial charge is 0.316 e. The van der Waals surface area contributed by atoms with Crippen molar-refractivity contribution in [3.05, 3.63) is 0 Å². The molecule has 1 N–H and O–H groups in total. The van der Waals surface area contributed by atoms with Crippen LogP contribution in [0, 0.1) is 11.3 Å². The first kappa shape index (κ1) is 18.0. The van der Waals surface area contributed by atoms with Crippen LogP contribution in [0.1, 0.15) is 73.1 Å². The predicted molar refractivity (Wildman–Crippen MR) is 90.2 cm³/mol. The molecule has 1 rings (SSSR count). The molecule has 1 aliphatic carbocycles. The Balaban J connectivity index is 2.48. The topological polar surface area (TPSA) is 15.3 Å². The van der Waals surface area contributed by atoms with Gasteiger partial charge in [-0.2, -0.15) is 0 Å². The summed E-state index contributed by atoms with van der Waals surface area (Å²) in [6.07, 6.45) is 8.31. The molecule has 2 nitrogen and oxygen atoms in total. The lowest BCUT2D eigenvalue weighted by Gasteiger charge is -2.37. The van der Waals surface area contributed by atoms with Crippen molar-refractivity contribution in [2.45, 2.75) is 79.2 Å². The van der Waals surface area contributed by atoms with Crippen LogP contribution in [0.3, 0.4) is 0 Å². The van der Waals surface area contributed by atoms with E-state index in [4.69, 9.17) is 0 Å². The van der Waals surface area contributed by atoms with Crippen molar-refractivity contribution in [3.8, 4) is 0 Å². The molecule has 1 aliphatic rings. The average molecular weight is 283 g/mol. The second kappa shape index (κ2) is 9.04. The third-order valence-corrected chi connectivity index (χ3v) is 4.50. The number of hydrogen-bond acceptors (Lipinski definition) is 2. The van der Waals surface area contributed by atoms with Gasteiger partial charge in [0.1, 0.15) is 0 Å².